The highest BCUT2D eigenvalue weighted by molar-refractivity contribution is 14.1. The quantitative estimate of drug-likeness (QED) is 0.298. The van der Waals surface area contributed by atoms with Crippen molar-refractivity contribution in [1.82, 2.24) is 20.2 Å². The summed E-state index contributed by atoms with van der Waals surface area (Å²) in [5.74, 6) is -0.727. The lowest BCUT2D eigenvalue weighted by molar-refractivity contribution is -0.116. The molecule has 166 valence electrons. The predicted molar refractivity (Wildman–Crippen MR) is 135 cm³/mol. The fourth-order valence-corrected chi connectivity index (χ4v) is 5.27. The number of H-pyrrole nitrogens is 1. The third kappa shape index (κ3) is 4.49. The molecule has 2 aromatic heterocycles. The zero-order valence-corrected chi connectivity index (χ0v) is 20.6. The Morgan fingerprint density at radius 1 is 1.22 bits per heavy atom. The monoisotopic (exact) mass is 563 g/mol. The van der Waals surface area contributed by atoms with Gasteiger partial charge in [-0.1, -0.05) is 18.2 Å². The summed E-state index contributed by atoms with van der Waals surface area (Å²) in [6.45, 7) is 4.48. The van der Waals surface area contributed by atoms with Crippen LogP contribution in [0.15, 0.2) is 48.7 Å². The van der Waals surface area contributed by atoms with E-state index in [2.05, 4.69) is 43.2 Å². The lowest BCUT2D eigenvalue weighted by Gasteiger charge is -2.28. The van der Waals surface area contributed by atoms with E-state index in [0.29, 0.717) is 11.7 Å². The number of carbonyl (C=O) groups excluding carboxylic acids is 1. The SMILES string of the molecule is Cc1[nH]c(C)c([C@@H]2[C@@H](c3ccccn3)NC(=S)N2CCC(=O)Nc2ccccc2F)c1I. The number of nitrogens with one attached hydrogen (secondary N) is 3. The Morgan fingerprint density at radius 3 is 2.62 bits per heavy atom. The maximum atomic E-state index is 13.9. The Morgan fingerprint density at radius 2 is 1.97 bits per heavy atom. The molecule has 1 amide bonds. The molecular formula is C23H23FIN5OS. The minimum absolute atomic E-state index is 0.129. The number of nitrogens with zero attached hydrogens (tertiary/aromatic N) is 2. The molecule has 0 bridgehead atoms. The molecule has 32 heavy (non-hydrogen) atoms. The van der Waals surface area contributed by atoms with Gasteiger partial charge in [0.25, 0.3) is 0 Å². The van der Waals surface area contributed by atoms with Crippen LogP contribution in [0.3, 0.4) is 0 Å². The summed E-state index contributed by atoms with van der Waals surface area (Å²) >= 11 is 8.03. The van der Waals surface area contributed by atoms with Crippen LogP contribution in [0.5, 0.6) is 0 Å². The minimum Gasteiger partial charge on any atom is -0.362 e. The summed E-state index contributed by atoms with van der Waals surface area (Å²) < 4.78 is 15.0. The zero-order chi connectivity index (χ0) is 22.8. The number of anilines is 1. The minimum atomic E-state index is -0.458. The molecule has 1 aliphatic rings. The molecule has 1 fully saturated rings. The molecule has 0 saturated carbocycles. The van der Waals surface area contributed by atoms with Crippen LogP contribution >= 0.6 is 34.8 Å². The molecular weight excluding hydrogens is 540 g/mol. The molecule has 2 atom stereocenters. The highest BCUT2D eigenvalue weighted by Crippen LogP contribution is 2.42. The second-order valence-corrected chi connectivity index (χ2v) is 9.17. The fourth-order valence-electron chi connectivity index (χ4n) is 4.08. The van der Waals surface area contributed by atoms with E-state index in [-0.39, 0.29) is 30.1 Å². The first-order valence-corrected chi connectivity index (χ1v) is 11.7. The molecule has 1 saturated heterocycles. The van der Waals surface area contributed by atoms with Crippen molar-refractivity contribution in [2.24, 2.45) is 0 Å². The maximum absolute atomic E-state index is 13.9. The van der Waals surface area contributed by atoms with Crippen LogP contribution in [0.25, 0.3) is 0 Å². The van der Waals surface area contributed by atoms with Gasteiger partial charge in [-0.25, -0.2) is 4.39 Å². The van der Waals surface area contributed by atoms with Crippen molar-refractivity contribution in [3.8, 4) is 0 Å². The van der Waals surface area contributed by atoms with E-state index < -0.39 is 5.82 Å². The molecule has 1 aliphatic heterocycles. The topological polar surface area (TPSA) is 73.0 Å². The standard InChI is InChI=1S/C23H23FIN5OS/c1-13-19(20(25)14(2)27-13)22-21(17-9-5-6-11-26-17)29-23(32)30(22)12-10-18(31)28-16-8-4-3-7-15(16)24/h3-9,11,21-22,27H,10,12H2,1-2H3,(H,28,31)(H,29,32)/t21-,22-/m1/s1. The van der Waals surface area contributed by atoms with Crippen LogP contribution in [-0.4, -0.2) is 32.4 Å². The molecule has 3 aromatic rings. The largest absolute Gasteiger partial charge is 0.362 e. The van der Waals surface area contributed by atoms with Gasteiger partial charge in [0.05, 0.1) is 23.5 Å². The van der Waals surface area contributed by atoms with E-state index >= 15 is 0 Å². The van der Waals surface area contributed by atoms with E-state index in [1.54, 1.807) is 24.4 Å². The molecule has 0 unspecified atom stereocenters. The van der Waals surface area contributed by atoms with Crippen molar-refractivity contribution in [2.75, 3.05) is 11.9 Å². The summed E-state index contributed by atoms with van der Waals surface area (Å²) in [5.41, 5.74) is 4.35. The normalized spacial score (nSPS) is 18.0. The van der Waals surface area contributed by atoms with Crippen LogP contribution in [-0.2, 0) is 4.79 Å². The van der Waals surface area contributed by atoms with Gasteiger partial charge in [-0.3, -0.25) is 9.78 Å². The number of aromatic amines is 1. The third-order valence-electron chi connectivity index (χ3n) is 5.57. The number of aromatic nitrogens is 2. The molecule has 4 rings (SSSR count). The third-order valence-corrected chi connectivity index (χ3v) is 7.31. The van der Waals surface area contributed by atoms with E-state index in [1.165, 1.54) is 6.07 Å². The predicted octanol–water partition coefficient (Wildman–Crippen LogP) is 4.77. The highest BCUT2D eigenvalue weighted by Gasteiger charge is 2.42. The van der Waals surface area contributed by atoms with Gasteiger partial charge < -0.3 is 20.5 Å². The Bertz CT molecular complexity index is 1150. The summed E-state index contributed by atoms with van der Waals surface area (Å²) in [4.78, 5) is 22.6. The number of carbonyl (C=O) groups is 1. The Kier molecular flexibility index (Phi) is 6.75. The van der Waals surface area contributed by atoms with Gasteiger partial charge in [-0.2, -0.15) is 0 Å². The van der Waals surface area contributed by atoms with Crippen molar-refractivity contribution >= 4 is 51.5 Å². The number of para-hydroxylation sites is 1. The molecule has 6 nitrogen and oxygen atoms in total. The van der Waals surface area contributed by atoms with E-state index in [1.807, 2.05) is 36.9 Å². The molecule has 3 N–H and O–H groups in total. The number of halogens is 2. The second-order valence-electron chi connectivity index (χ2n) is 7.70. The molecule has 3 heterocycles. The molecule has 0 radical (unpaired) electrons. The van der Waals surface area contributed by atoms with E-state index in [4.69, 9.17) is 12.2 Å². The van der Waals surface area contributed by atoms with Gasteiger partial charge in [0.1, 0.15) is 5.82 Å². The number of aryl methyl sites for hydroxylation is 2. The van der Waals surface area contributed by atoms with E-state index in [9.17, 15) is 9.18 Å². The first kappa shape index (κ1) is 22.7. The van der Waals surface area contributed by atoms with Crippen LogP contribution in [0.2, 0.25) is 0 Å². The summed E-state index contributed by atoms with van der Waals surface area (Å²) in [5, 5.41) is 6.62. The number of hydrogen-bond acceptors (Lipinski definition) is 3. The van der Waals surface area contributed by atoms with Gasteiger partial charge in [0.2, 0.25) is 5.91 Å². The van der Waals surface area contributed by atoms with Crippen LogP contribution in [0.4, 0.5) is 10.1 Å². The molecule has 0 spiro atoms. The van der Waals surface area contributed by atoms with Crippen molar-refractivity contribution in [3.05, 3.63) is 80.7 Å². The van der Waals surface area contributed by atoms with Crippen molar-refractivity contribution in [2.45, 2.75) is 32.4 Å². The Balaban J connectivity index is 1.60. The highest BCUT2D eigenvalue weighted by atomic mass is 127. The van der Waals surface area contributed by atoms with E-state index in [0.717, 1.165) is 26.2 Å². The number of amides is 1. The number of pyridine rings is 1. The Hall–Kier alpha value is -2.53. The van der Waals surface area contributed by atoms with Gasteiger partial charge in [0.15, 0.2) is 5.11 Å². The average molecular weight is 563 g/mol. The zero-order valence-electron chi connectivity index (χ0n) is 17.7. The average Bonchev–Trinajstić information content (AvgIpc) is 3.23. The molecule has 0 aliphatic carbocycles. The first-order valence-electron chi connectivity index (χ1n) is 10.2. The number of hydrogen-bond donors (Lipinski definition) is 3. The van der Waals surface area contributed by atoms with Gasteiger partial charge >= 0.3 is 0 Å². The van der Waals surface area contributed by atoms with Crippen molar-refractivity contribution < 1.29 is 9.18 Å². The summed E-state index contributed by atoms with van der Waals surface area (Å²) in [6, 6.07) is 11.7. The fraction of sp³-hybridized carbons (Fsp3) is 0.261. The summed E-state index contributed by atoms with van der Waals surface area (Å²) in [7, 11) is 0. The van der Waals surface area contributed by atoms with Crippen LogP contribution < -0.4 is 10.6 Å². The number of thiocarbonyl (C=S) groups is 1. The molecule has 1 aromatic carbocycles. The Labute approximate surface area is 205 Å². The lowest BCUT2D eigenvalue weighted by atomic mass is 9.96. The van der Waals surface area contributed by atoms with Crippen molar-refractivity contribution in [3.63, 3.8) is 0 Å². The van der Waals surface area contributed by atoms with Gasteiger partial charge in [0, 0.05) is 39.7 Å². The number of rotatable bonds is 6. The van der Waals surface area contributed by atoms with Crippen LogP contribution in [0.1, 0.15) is 41.1 Å². The van der Waals surface area contributed by atoms with Gasteiger partial charge in [-0.15, -0.1) is 0 Å². The van der Waals surface area contributed by atoms with Crippen molar-refractivity contribution in [1.29, 1.82) is 0 Å². The maximum Gasteiger partial charge on any atom is 0.226 e. The number of benzene rings is 1. The lowest BCUT2D eigenvalue weighted by Crippen LogP contribution is -2.33. The van der Waals surface area contributed by atoms with Crippen LogP contribution in [0, 0.1) is 23.2 Å². The molecule has 9 heteroatoms. The second kappa shape index (κ2) is 9.53. The first-order chi connectivity index (χ1) is 15.4. The summed E-state index contributed by atoms with van der Waals surface area (Å²) in [6.07, 6.45) is 1.93. The smallest absolute Gasteiger partial charge is 0.226 e. The van der Waals surface area contributed by atoms with Gasteiger partial charge in [-0.05, 0) is 72.9 Å².